The van der Waals surface area contributed by atoms with Crippen LogP contribution in [0.25, 0.3) is 11.1 Å². The number of likely N-dealkylation sites (N-methyl/N-ethyl adjacent to an activating group) is 1. The number of piperidine rings is 1. The number of hydrogen-bond donors (Lipinski definition) is 1. The van der Waals surface area contributed by atoms with Crippen LogP contribution >= 0.6 is 0 Å². The Labute approximate surface area is 168 Å². The molecule has 28 heavy (non-hydrogen) atoms. The molecule has 2 aromatic carbocycles. The maximum Gasteiger partial charge on any atom is 0.317 e. The van der Waals surface area contributed by atoms with Crippen LogP contribution in [0.15, 0.2) is 42.5 Å². The summed E-state index contributed by atoms with van der Waals surface area (Å²) in [7, 11) is 0. The van der Waals surface area contributed by atoms with E-state index in [0.29, 0.717) is 6.04 Å². The fraction of sp³-hybridized carbons (Fsp3) is 0.458. The number of rotatable bonds is 7. The number of aliphatic carboxylic acids is 1. The second-order valence-corrected chi connectivity index (χ2v) is 8.04. The Hall–Kier alpha value is -2.17. The molecule has 0 atom stereocenters. The van der Waals surface area contributed by atoms with Crippen molar-refractivity contribution < 1.29 is 9.90 Å². The van der Waals surface area contributed by atoms with Gasteiger partial charge in [0.1, 0.15) is 0 Å². The van der Waals surface area contributed by atoms with Crippen LogP contribution < -0.4 is 0 Å². The van der Waals surface area contributed by atoms with Crippen molar-refractivity contribution in [1.29, 1.82) is 0 Å². The van der Waals surface area contributed by atoms with Gasteiger partial charge in [0.2, 0.25) is 0 Å². The molecule has 0 spiro atoms. The molecule has 4 nitrogen and oxygen atoms in total. The summed E-state index contributed by atoms with van der Waals surface area (Å²) >= 11 is 0. The molecule has 0 bridgehead atoms. The van der Waals surface area contributed by atoms with Crippen LogP contribution in [-0.2, 0) is 11.3 Å². The van der Waals surface area contributed by atoms with E-state index in [1.165, 1.54) is 27.8 Å². The standard InChI is InChI=1S/C24H32N2O2/c1-4-26(17-24(27)28)23-9-11-25(12-10-23)16-20-5-7-21(8-6-20)22-14-18(2)13-19(3)15-22/h5-8,13-15,23H,4,9-12,16-17H2,1-3H3,(H,27,28). The predicted octanol–water partition coefficient (Wildman–Crippen LogP) is 4.34. The van der Waals surface area contributed by atoms with Crippen molar-refractivity contribution in [2.45, 2.75) is 46.2 Å². The zero-order valence-electron chi connectivity index (χ0n) is 17.3. The molecule has 1 aliphatic rings. The van der Waals surface area contributed by atoms with Crippen molar-refractivity contribution in [3.8, 4) is 11.1 Å². The van der Waals surface area contributed by atoms with Crippen LogP contribution in [0.1, 0.15) is 36.5 Å². The topological polar surface area (TPSA) is 43.8 Å². The van der Waals surface area contributed by atoms with Gasteiger partial charge in [-0.3, -0.25) is 14.6 Å². The van der Waals surface area contributed by atoms with Crippen molar-refractivity contribution in [2.24, 2.45) is 0 Å². The maximum atomic E-state index is 11.0. The molecule has 3 rings (SSSR count). The fourth-order valence-corrected chi connectivity index (χ4v) is 4.32. The third-order valence-electron chi connectivity index (χ3n) is 5.73. The number of likely N-dealkylation sites (tertiary alicyclic amines) is 1. The molecule has 0 unspecified atom stereocenters. The van der Waals surface area contributed by atoms with E-state index in [9.17, 15) is 4.79 Å². The molecule has 0 aromatic heterocycles. The summed E-state index contributed by atoms with van der Waals surface area (Å²) < 4.78 is 0. The van der Waals surface area contributed by atoms with Crippen LogP contribution in [0.5, 0.6) is 0 Å². The molecular formula is C24H32N2O2. The average Bonchev–Trinajstić information content (AvgIpc) is 2.66. The highest BCUT2D eigenvalue weighted by Gasteiger charge is 2.24. The number of aryl methyl sites for hydroxylation is 2. The summed E-state index contributed by atoms with van der Waals surface area (Å²) in [5, 5.41) is 9.08. The van der Waals surface area contributed by atoms with E-state index in [1.807, 2.05) is 6.92 Å². The second-order valence-electron chi connectivity index (χ2n) is 8.04. The van der Waals surface area contributed by atoms with Crippen molar-refractivity contribution in [1.82, 2.24) is 9.80 Å². The first kappa shape index (κ1) is 20.6. The Morgan fingerprint density at radius 1 is 1.04 bits per heavy atom. The van der Waals surface area contributed by atoms with Crippen LogP contribution in [0, 0.1) is 13.8 Å². The Bertz CT molecular complexity index is 773. The minimum atomic E-state index is -0.729. The van der Waals surface area contributed by atoms with Gasteiger partial charge in [0, 0.05) is 12.6 Å². The Morgan fingerprint density at radius 2 is 1.64 bits per heavy atom. The first-order chi connectivity index (χ1) is 13.4. The zero-order valence-corrected chi connectivity index (χ0v) is 17.3. The molecule has 0 saturated carbocycles. The lowest BCUT2D eigenvalue weighted by Crippen LogP contribution is -2.46. The quantitative estimate of drug-likeness (QED) is 0.776. The smallest absolute Gasteiger partial charge is 0.317 e. The highest BCUT2D eigenvalue weighted by Crippen LogP contribution is 2.24. The molecule has 0 radical (unpaired) electrons. The molecular weight excluding hydrogens is 348 g/mol. The lowest BCUT2D eigenvalue weighted by atomic mass is 9.99. The first-order valence-corrected chi connectivity index (χ1v) is 10.3. The van der Waals surface area contributed by atoms with Gasteiger partial charge < -0.3 is 5.11 Å². The van der Waals surface area contributed by atoms with Gasteiger partial charge in [-0.25, -0.2) is 0 Å². The van der Waals surface area contributed by atoms with Crippen molar-refractivity contribution in [3.63, 3.8) is 0 Å². The molecule has 1 N–H and O–H groups in total. The van der Waals surface area contributed by atoms with Crippen LogP contribution in [0.4, 0.5) is 0 Å². The van der Waals surface area contributed by atoms with Crippen molar-refractivity contribution >= 4 is 5.97 Å². The minimum Gasteiger partial charge on any atom is -0.480 e. The third-order valence-corrected chi connectivity index (χ3v) is 5.73. The predicted molar refractivity (Wildman–Crippen MR) is 115 cm³/mol. The number of carboxylic acid groups (broad SMARTS) is 1. The van der Waals surface area contributed by atoms with Crippen LogP contribution in [0.2, 0.25) is 0 Å². The monoisotopic (exact) mass is 380 g/mol. The van der Waals surface area contributed by atoms with Crippen molar-refractivity contribution in [3.05, 3.63) is 59.2 Å². The van der Waals surface area contributed by atoms with E-state index in [-0.39, 0.29) is 6.54 Å². The van der Waals surface area contributed by atoms with E-state index in [1.54, 1.807) is 0 Å². The van der Waals surface area contributed by atoms with Gasteiger partial charge in [-0.15, -0.1) is 0 Å². The van der Waals surface area contributed by atoms with Gasteiger partial charge in [-0.2, -0.15) is 0 Å². The molecule has 2 aromatic rings. The second kappa shape index (κ2) is 9.35. The lowest BCUT2D eigenvalue weighted by molar-refractivity contribution is -0.139. The first-order valence-electron chi connectivity index (χ1n) is 10.3. The van der Waals surface area contributed by atoms with E-state index in [0.717, 1.165) is 39.0 Å². The molecule has 1 fully saturated rings. The largest absolute Gasteiger partial charge is 0.480 e. The fourth-order valence-electron chi connectivity index (χ4n) is 4.32. The number of nitrogens with zero attached hydrogens (tertiary/aromatic N) is 2. The minimum absolute atomic E-state index is 0.154. The van der Waals surface area contributed by atoms with Crippen LogP contribution in [-0.4, -0.2) is 53.1 Å². The maximum absolute atomic E-state index is 11.0. The van der Waals surface area contributed by atoms with E-state index in [4.69, 9.17) is 5.11 Å². The lowest BCUT2D eigenvalue weighted by Gasteiger charge is -2.37. The van der Waals surface area contributed by atoms with E-state index >= 15 is 0 Å². The summed E-state index contributed by atoms with van der Waals surface area (Å²) in [4.78, 5) is 15.6. The highest BCUT2D eigenvalue weighted by atomic mass is 16.4. The average molecular weight is 381 g/mol. The van der Waals surface area contributed by atoms with Gasteiger partial charge in [0.05, 0.1) is 6.54 Å². The summed E-state index contributed by atoms with van der Waals surface area (Å²) in [6.07, 6.45) is 2.09. The zero-order chi connectivity index (χ0) is 20.1. The highest BCUT2D eigenvalue weighted by molar-refractivity contribution is 5.69. The van der Waals surface area contributed by atoms with Gasteiger partial charge >= 0.3 is 5.97 Å². The van der Waals surface area contributed by atoms with Gasteiger partial charge in [0.25, 0.3) is 0 Å². The van der Waals surface area contributed by atoms with Gasteiger partial charge in [-0.05, 0) is 63.0 Å². The molecule has 4 heteroatoms. The Balaban J connectivity index is 1.56. The Morgan fingerprint density at radius 3 is 2.18 bits per heavy atom. The number of carbonyl (C=O) groups is 1. The summed E-state index contributed by atoms with van der Waals surface area (Å²) in [5.74, 6) is -0.729. The number of hydrogen-bond acceptors (Lipinski definition) is 3. The van der Waals surface area contributed by atoms with Crippen LogP contribution in [0.3, 0.4) is 0 Å². The van der Waals surface area contributed by atoms with Crippen molar-refractivity contribution in [2.75, 3.05) is 26.2 Å². The molecule has 0 amide bonds. The number of carboxylic acids is 1. The SMILES string of the molecule is CCN(CC(=O)O)C1CCN(Cc2ccc(-c3cc(C)cc(C)c3)cc2)CC1. The summed E-state index contributed by atoms with van der Waals surface area (Å²) in [6, 6.07) is 16.0. The summed E-state index contributed by atoms with van der Waals surface area (Å²) in [6.45, 7) is 10.3. The third kappa shape index (κ3) is 5.43. The molecule has 1 heterocycles. The van der Waals surface area contributed by atoms with E-state index < -0.39 is 5.97 Å². The Kier molecular flexibility index (Phi) is 6.87. The van der Waals surface area contributed by atoms with E-state index in [2.05, 4.69) is 66.1 Å². The molecule has 150 valence electrons. The molecule has 0 aliphatic carbocycles. The van der Waals surface area contributed by atoms with Gasteiger partial charge in [-0.1, -0.05) is 60.5 Å². The molecule has 1 aliphatic heterocycles. The van der Waals surface area contributed by atoms with Gasteiger partial charge in [0.15, 0.2) is 0 Å². The normalized spacial score (nSPS) is 15.9. The molecule has 1 saturated heterocycles. The number of benzene rings is 2. The summed E-state index contributed by atoms with van der Waals surface area (Å²) in [5.41, 5.74) is 6.48.